The summed E-state index contributed by atoms with van der Waals surface area (Å²) in [5, 5.41) is 0.594. The van der Waals surface area contributed by atoms with E-state index in [1.807, 2.05) is 29.2 Å². The normalized spacial score (nSPS) is 18.0. The number of rotatable bonds is 3. The molecule has 1 aliphatic heterocycles. The van der Waals surface area contributed by atoms with Crippen molar-refractivity contribution in [2.75, 3.05) is 4.90 Å². The van der Waals surface area contributed by atoms with Crippen molar-refractivity contribution in [1.82, 2.24) is 0 Å². The van der Waals surface area contributed by atoms with Crippen LogP contribution in [0.25, 0.3) is 0 Å². The molecule has 0 fully saturated rings. The second kappa shape index (κ2) is 6.01. The van der Waals surface area contributed by atoms with Crippen LogP contribution < -0.4 is 9.64 Å². The third-order valence-electron chi connectivity index (χ3n) is 3.90. The number of fused-ring (bicyclic) bond motifs is 1. The van der Waals surface area contributed by atoms with Crippen LogP contribution in [0.5, 0.6) is 5.75 Å². The van der Waals surface area contributed by atoms with Gasteiger partial charge in [0.2, 0.25) is 0 Å². The molecule has 4 heteroatoms. The standard InChI is InChI=1S/C18H18ClNO2/c1-12-10-14-6-3-4-9-17(14)20(12)18(21)13(2)22-16-8-5-7-15(19)11-16/h3-9,11-13H,10H2,1-2H3/t12-,13+/m1/s1. The summed E-state index contributed by atoms with van der Waals surface area (Å²) >= 11 is 5.95. The monoisotopic (exact) mass is 315 g/mol. The highest BCUT2D eigenvalue weighted by Gasteiger charge is 2.33. The summed E-state index contributed by atoms with van der Waals surface area (Å²) in [6.07, 6.45) is 0.318. The first-order chi connectivity index (χ1) is 10.6. The van der Waals surface area contributed by atoms with Crippen LogP contribution in [0, 0.1) is 0 Å². The van der Waals surface area contributed by atoms with E-state index in [0.717, 1.165) is 12.1 Å². The number of ether oxygens (including phenoxy) is 1. The summed E-state index contributed by atoms with van der Waals surface area (Å²) in [5.41, 5.74) is 2.19. The van der Waals surface area contributed by atoms with Crippen molar-refractivity contribution >= 4 is 23.2 Å². The molecule has 0 radical (unpaired) electrons. The number of amides is 1. The summed E-state index contributed by atoms with van der Waals surface area (Å²) in [4.78, 5) is 14.6. The zero-order valence-corrected chi connectivity index (χ0v) is 13.4. The number of para-hydroxylation sites is 1. The van der Waals surface area contributed by atoms with Gasteiger partial charge in [0.15, 0.2) is 6.10 Å². The van der Waals surface area contributed by atoms with E-state index >= 15 is 0 Å². The molecule has 114 valence electrons. The van der Waals surface area contributed by atoms with Gasteiger partial charge in [0.25, 0.3) is 5.91 Å². The van der Waals surface area contributed by atoms with E-state index in [1.54, 1.807) is 25.1 Å². The summed E-state index contributed by atoms with van der Waals surface area (Å²) < 4.78 is 5.76. The Balaban J connectivity index is 1.79. The molecule has 0 saturated carbocycles. The fourth-order valence-corrected chi connectivity index (χ4v) is 3.07. The summed E-state index contributed by atoms with van der Waals surface area (Å²) in [6, 6.07) is 15.3. The lowest BCUT2D eigenvalue weighted by Crippen LogP contribution is -2.43. The van der Waals surface area contributed by atoms with E-state index in [1.165, 1.54) is 5.56 Å². The maximum atomic E-state index is 12.8. The van der Waals surface area contributed by atoms with Crippen LogP contribution in [0.1, 0.15) is 19.4 Å². The molecule has 1 aliphatic rings. The fourth-order valence-electron chi connectivity index (χ4n) is 2.89. The lowest BCUT2D eigenvalue weighted by Gasteiger charge is -2.26. The predicted octanol–water partition coefficient (Wildman–Crippen LogP) is 4.09. The van der Waals surface area contributed by atoms with E-state index < -0.39 is 6.10 Å². The van der Waals surface area contributed by atoms with Crippen LogP contribution in [0.15, 0.2) is 48.5 Å². The van der Waals surface area contributed by atoms with Gasteiger partial charge in [-0.2, -0.15) is 0 Å². The predicted molar refractivity (Wildman–Crippen MR) is 88.6 cm³/mol. The molecule has 1 amide bonds. The van der Waals surface area contributed by atoms with Crippen LogP contribution in [0.3, 0.4) is 0 Å². The molecular formula is C18H18ClNO2. The molecule has 0 unspecified atom stereocenters. The van der Waals surface area contributed by atoms with Crippen LogP contribution in [0.2, 0.25) is 5.02 Å². The summed E-state index contributed by atoms with van der Waals surface area (Å²) in [7, 11) is 0. The molecule has 22 heavy (non-hydrogen) atoms. The van der Waals surface area contributed by atoms with E-state index in [2.05, 4.69) is 13.0 Å². The molecule has 1 heterocycles. The molecule has 0 aromatic heterocycles. The zero-order chi connectivity index (χ0) is 15.7. The molecule has 0 aliphatic carbocycles. The van der Waals surface area contributed by atoms with Crippen LogP contribution in [-0.2, 0) is 11.2 Å². The smallest absolute Gasteiger partial charge is 0.268 e. The van der Waals surface area contributed by atoms with Gasteiger partial charge in [0.1, 0.15) is 5.75 Å². The molecule has 3 nitrogen and oxygen atoms in total. The Labute approximate surface area is 135 Å². The Kier molecular flexibility index (Phi) is 4.08. The van der Waals surface area contributed by atoms with Crippen molar-refractivity contribution in [2.24, 2.45) is 0 Å². The van der Waals surface area contributed by atoms with Crippen molar-refractivity contribution in [3.05, 3.63) is 59.1 Å². The number of benzene rings is 2. The van der Waals surface area contributed by atoms with Crippen LogP contribution in [0.4, 0.5) is 5.69 Å². The third-order valence-corrected chi connectivity index (χ3v) is 4.14. The van der Waals surface area contributed by atoms with Gasteiger partial charge in [0, 0.05) is 16.8 Å². The van der Waals surface area contributed by atoms with Gasteiger partial charge in [-0.1, -0.05) is 35.9 Å². The minimum atomic E-state index is -0.563. The highest BCUT2D eigenvalue weighted by atomic mass is 35.5. The minimum Gasteiger partial charge on any atom is -0.481 e. The average Bonchev–Trinajstić information content (AvgIpc) is 2.82. The van der Waals surface area contributed by atoms with Crippen LogP contribution in [-0.4, -0.2) is 18.1 Å². The molecular weight excluding hydrogens is 298 g/mol. The number of carbonyl (C=O) groups is 1. The van der Waals surface area contributed by atoms with Gasteiger partial charge >= 0.3 is 0 Å². The maximum absolute atomic E-state index is 12.8. The molecule has 2 atom stereocenters. The lowest BCUT2D eigenvalue weighted by atomic mass is 10.1. The van der Waals surface area contributed by atoms with Crippen molar-refractivity contribution in [3.63, 3.8) is 0 Å². The Morgan fingerprint density at radius 3 is 2.82 bits per heavy atom. The second-order valence-corrected chi connectivity index (χ2v) is 6.04. The average molecular weight is 316 g/mol. The number of hydrogen-bond acceptors (Lipinski definition) is 2. The van der Waals surface area contributed by atoms with Crippen LogP contribution >= 0.6 is 11.6 Å². The first-order valence-electron chi connectivity index (χ1n) is 7.39. The SMILES string of the molecule is C[C@H](Oc1cccc(Cl)c1)C(=O)N1c2ccccc2C[C@H]1C. The van der Waals surface area contributed by atoms with Crippen molar-refractivity contribution < 1.29 is 9.53 Å². The minimum absolute atomic E-state index is 0.0302. The molecule has 2 aromatic rings. The first kappa shape index (κ1) is 14.9. The van der Waals surface area contributed by atoms with Crippen molar-refractivity contribution in [2.45, 2.75) is 32.4 Å². The Bertz CT molecular complexity index is 701. The largest absolute Gasteiger partial charge is 0.481 e. The second-order valence-electron chi connectivity index (χ2n) is 5.61. The Morgan fingerprint density at radius 2 is 2.05 bits per heavy atom. The number of halogens is 1. The van der Waals surface area contributed by atoms with Crippen molar-refractivity contribution in [1.29, 1.82) is 0 Å². The van der Waals surface area contributed by atoms with E-state index in [4.69, 9.17) is 16.3 Å². The van der Waals surface area contributed by atoms with Crippen molar-refractivity contribution in [3.8, 4) is 5.75 Å². The van der Waals surface area contributed by atoms with E-state index in [9.17, 15) is 4.79 Å². The molecule has 3 rings (SSSR count). The Morgan fingerprint density at radius 1 is 1.27 bits per heavy atom. The maximum Gasteiger partial charge on any atom is 0.268 e. The van der Waals surface area contributed by atoms with Gasteiger partial charge < -0.3 is 9.64 Å². The summed E-state index contributed by atoms with van der Waals surface area (Å²) in [6.45, 7) is 3.83. The highest BCUT2D eigenvalue weighted by Crippen LogP contribution is 2.32. The van der Waals surface area contributed by atoms with Gasteiger partial charge in [-0.05, 0) is 50.1 Å². The van der Waals surface area contributed by atoms with Gasteiger partial charge in [-0.3, -0.25) is 4.79 Å². The lowest BCUT2D eigenvalue weighted by molar-refractivity contribution is -0.124. The van der Waals surface area contributed by atoms with E-state index in [0.29, 0.717) is 10.8 Å². The topological polar surface area (TPSA) is 29.5 Å². The first-order valence-corrected chi connectivity index (χ1v) is 7.77. The zero-order valence-electron chi connectivity index (χ0n) is 12.6. The Hall–Kier alpha value is -2.00. The number of hydrogen-bond donors (Lipinski definition) is 0. The van der Waals surface area contributed by atoms with E-state index in [-0.39, 0.29) is 11.9 Å². The quantitative estimate of drug-likeness (QED) is 0.854. The number of nitrogens with zero attached hydrogens (tertiary/aromatic N) is 1. The summed E-state index contributed by atoms with van der Waals surface area (Å²) in [5.74, 6) is 0.575. The fraction of sp³-hybridized carbons (Fsp3) is 0.278. The number of anilines is 1. The number of carbonyl (C=O) groups excluding carboxylic acids is 1. The van der Waals surface area contributed by atoms with Gasteiger partial charge in [-0.25, -0.2) is 0 Å². The molecule has 2 aromatic carbocycles. The molecule has 0 spiro atoms. The molecule has 0 bridgehead atoms. The third kappa shape index (κ3) is 2.81. The molecule has 0 saturated heterocycles. The molecule has 0 N–H and O–H groups in total. The van der Waals surface area contributed by atoms with Gasteiger partial charge in [-0.15, -0.1) is 0 Å². The highest BCUT2D eigenvalue weighted by molar-refractivity contribution is 6.30. The van der Waals surface area contributed by atoms with Gasteiger partial charge in [0.05, 0.1) is 0 Å².